The molecule has 5 nitrogen and oxygen atoms in total. The van der Waals surface area contributed by atoms with Gasteiger partial charge in [0, 0.05) is 12.6 Å². The average molecular weight is 281 g/mol. The molecule has 3 N–H and O–H groups in total. The highest BCUT2D eigenvalue weighted by Gasteiger charge is 2.32. The van der Waals surface area contributed by atoms with E-state index < -0.39 is 5.60 Å². The summed E-state index contributed by atoms with van der Waals surface area (Å²) in [6.45, 7) is 6.93. The normalized spacial score (nSPS) is 22.7. The van der Waals surface area contributed by atoms with Gasteiger partial charge in [-0.3, -0.25) is 0 Å². The van der Waals surface area contributed by atoms with Crippen LogP contribution >= 0.6 is 12.4 Å². The molecule has 0 bridgehead atoms. The molecule has 108 valence electrons. The Morgan fingerprint density at radius 3 is 2.50 bits per heavy atom. The van der Waals surface area contributed by atoms with Crippen molar-refractivity contribution in [3.63, 3.8) is 0 Å². The molecule has 1 saturated carbocycles. The van der Waals surface area contributed by atoms with E-state index in [1.165, 1.54) is 0 Å². The maximum absolute atomic E-state index is 11.4. The topological polar surface area (TPSA) is 73.6 Å². The Hall–Kier alpha value is -0.520. The number of hydrogen-bond acceptors (Lipinski definition) is 4. The van der Waals surface area contributed by atoms with Gasteiger partial charge in [-0.1, -0.05) is 0 Å². The van der Waals surface area contributed by atoms with Crippen molar-refractivity contribution >= 4 is 18.5 Å². The first-order chi connectivity index (χ1) is 7.90. The van der Waals surface area contributed by atoms with E-state index in [1.54, 1.807) is 0 Å². The largest absolute Gasteiger partial charge is 0.444 e. The van der Waals surface area contributed by atoms with Crippen LogP contribution in [0, 0.1) is 0 Å². The number of rotatable bonds is 5. The van der Waals surface area contributed by atoms with Crippen molar-refractivity contribution in [2.45, 2.75) is 57.8 Å². The maximum atomic E-state index is 11.4. The number of carbonyl (C=O) groups excluding carboxylic acids is 1. The second-order valence-corrected chi connectivity index (χ2v) is 5.45. The van der Waals surface area contributed by atoms with E-state index >= 15 is 0 Å². The number of nitrogens with two attached hydrogens (primary N) is 1. The molecule has 1 rings (SSSR count). The first-order valence-electron chi connectivity index (χ1n) is 6.22. The van der Waals surface area contributed by atoms with Crippen LogP contribution in [0.2, 0.25) is 0 Å². The van der Waals surface area contributed by atoms with Gasteiger partial charge < -0.3 is 20.5 Å². The zero-order valence-corrected chi connectivity index (χ0v) is 12.2. The van der Waals surface area contributed by atoms with Gasteiger partial charge in [0.15, 0.2) is 0 Å². The van der Waals surface area contributed by atoms with Crippen LogP contribution in [-0.2, 0) is 9.47 Å². The minimum absolute atomic E-state index is 0. The van der Waals surface area contributed by atoms with Gasteiger partial charge in [0.2, 0.25) is 0 Å². The van der Waals surface area contributed by atoms with Gasteiger partial charge in [-0.05, 0) is 46.6 Å². The minimum Gasteiger partial charge on any atom is -0.444 e. The van der Waals surface area contributed by atoms with Crippen LogP contribution in [0.25, 0.3) is 0 Å². The third kappa shape index (κ3) is 7.03. The Morgan fingerprint density at radius 2 is 2.00 bits per heavy atom. The van der Waals surface area contributed by atoms with Crippen LogP contribution in [0.3, 0.4) is 0 Å². The lowest BCUT2D eigenvalue weighted by Crippen LogP contribution is -2.49. The Labute approximate surface area is 115 Å². The quantitative estimate of drug-likeness (QED) is 0.754. The van der Waals surface area contributed by atoms with Gasteiger partial charge in [-0.25, -0.2) is 4.79 Å². The smallest absolute Gasteiger partial charge is 0.407 e. The molecule has 0 unspecified atom stereocenters. The highest BCUT2D eigenvalue weighted by atomic mass is 35.5. The fourth-order valence-electron chi connectivity index (χ4n) is 1.63. The van der Waals surface area contributed by atoms with Crippen molar-refractivity contribution in [3.8, 4) is 0 Å². The molecule has 1 aliphatic carbocycles. The molecule has 0 saturated heterocycles. The molecule has 0 radical (unpaired) electrons. The van der Waals surface area contributed by atoms with E-state index in [-0.39, 0.29) is 30.6 Å². The van der Waals surface area contributed by atoms with Crippen molar-refractivity contribution in [2.75, 3.05) is 13.2 Å². The fraction of sp³-hybridized carbons (Fsp3) is 0.917. The second-order valence-electron chi connectivity index (χ2n) is 5.45. The zero-order chi connectivity index (χ0) is 12.9. The van der Waals surface area contributed by atoms with Crippen LogP contribution in [-0.4, -0.2) is 37.0 Å². The lowest BCUT2D eigenvalue weighted by Gasteiger charge is -2.35. The van der Waals surface area contributed by atoms with Crippen molar-refractivity contribution in [2.24, 2.45) is 5.73 Å². The Morgan fingerprint density at radius 1 is 1.39 bits per heavy atom. The molecule has 1 fully saturated rings. The van der Waals surface area contributed by atoms with Crippen LogP contribution in [0.5, 0.6) is 0 Å². The summed E-state index contributed by atoms with van der Waals surface area (Å²) in [5.41, 5.74) is 4.93. The summed E-state index contributed by atoms with van der Waals surface area (Å²) >= 11 is 0. The van der Waals surface area contributed by atoms with Crippen LogP contribution in [0.15, 0.2) is 0 Å². The molecule has 1 aliphatic rings. The van der Waals surface area contributed by atoms with Gasteiger partial charge in [-0.2, -0.15) is 0 Å². The van der Waals surface area contributed by atoms with Gasteiger partial charge in [0.05, 0.1) is 6.10 Å². The van der Waals surface area contributed by atoms with Gasteiger partial charge in [-0.15, -0.1) is 12.4 Å². The molecule has 0 aromatic carbocycles. The van der Waals surface area contributed by atoms with Crippen LogP contribution < -0.4 is 11.1 Å². The van der Waals surface area contributed by atoms with E-state index in [4.69, 9.17) is 15.2 Å². The molecule has 18 heavy (non-hydrogen) atoms. The fourth-order valence-corrected chi connectivity index (χ4v) is 1.63. The molecule has 0 aromatic heterocycles. The summed E-state index contributed by atoms with van der Waals surface area (Å²) in [6, 6.07) is 0.188. The zero-order valence-electron chi connectivity index (χ0n) is 11.4. The summed E-state index contributed by atoms with van der Waals surface area (Å²) < 4.78 is 10.7. The van der Waals surface area contributed by atoms with Crippen molar-refractivity contribution < 1.29 is 14.3 Å². The molecule has 0 atom stereocenters. The van der Waals surface area contributed by atoms with Gasteiger partial charge in [0.25, 0.3) is 0 Å². The Bertz CT molecular complexity index is 250. The number of halogens is 1. The average Bonchev–Trinajstić information content (AvgIpc) is 2.10. The second kappa shape index (κ2) is 7.81. The Kier molecular flexibility index (Phi) is 7.59. The molecule has 0 aliphatic heterocycles. The molecule has 0 aromatic rings. The molecule has 0 heterocycles. The van der Waals surface area contributed by atoms with E-state index in [2.05, 4.69) is 5.32 Å². The summed E-state index contributed by atoms with van der Waals surface area (Å²) in [7, 11) is 0. The molecule has 0 spiro atoms. The molecular weight excluding hydrogens is 256 g/mol. The van der Waals surface area contributed by atoms with Crippen molar-refractivity contribution in [1.29, 1.82) is 0 Å². The minimum atomic E-state index is -0.440. The first kappa shape index (κ1) is 17.5. The third-order valence-corrected chi connectivity index (χ3v) is 2.52. The number of amides is 1. The highest BCUT2D eigenvalue weighted by molar-refractivity contribution is 5.85. The molecular formula is C12H25ClN2O3. The summed E-state index contributed by atoms with van der Waals surface area (Å²) in [5, 5.41) is 2.83. The van der Waals surface area contributed by atoms with Crippen LogP contribution in [0.4, 0.5) is 4.79 Å². The number of alkyl carbamates (subject to hydrolysis) is 1. The molecule has 6 heteroatoms. The van der Waals surface area contributed by atoms with Crippen molar-refractivity contribution in [3.05, 3.63) is 0 Å². The number of carbonyl (C=O) groups is 1. The predicted octanol–water partition coefficient (Wildman–Crippen LogP) is 1.83. The highest BCUT2D eigenvalue weighted by Crippen LogP contribution is 2.23. The lowest BCUT2D eigenvalue weighted by molar-refractivity contribution is -0.0200. The Balaban J connectivity index is 0.00000289. The monoisotopic (exact) mass is 280 g/mol. The number of hydrogen-bond donors (Lipinski definition) is 2. The van der Waals surface area contributed by atoms with E-state index in [0.29, 0.717) is 13.2 Å². The summed E-state index contributed by atoms with van der Waals surface area (Å²) in [6.07, 6.45) is 2.54. The van der Waals surface area contributed by atoms with Gasteiger partial charge in [0.1, 0.15) is 5.60 Å². The third-order valence-electron chi connectivity index (χ3n) is 2.52. The number of nitrogens with one attached hydrogen (secondary N) is 1. The van der Waals surface area contributed by atoms with E-state index in [0.717, 1.165) is 19.3 Å². The standard InChI is InChI=1S/C12H24N2O3.ClH/c1-12(2,3)17-11(15)14-9-7-10(8-9)16-6-4-5-13;/h9-10H,4-8,13H2,1-3H3,(H,14,15);1H. The van der Waals surface area contributed by atoms with Crippen molar-refractivity contribution in [1.82, 2.24) is 5.32 Å². The van der Waals surface area contributed by atoms with Crippen LogP contribution in [0.1, 0.15) is 40.0 Å². The SMILES string of the molecule is CC(C)(C)OC(=O)NC1CC(OCCCN)C1.Cl. The summed E-state index contributed by atoms with van der Waals surface area (Å²) in [4.78, 5) is 11.4. The van der Waals surface area contributed by atoms with E-state index in [1.807, 2.05) is 20.8 Å². The first-order valence-corrected chi connectivity index (χ1v) is 6.22. The maximum Gasteiger partial charge on any atom is 0.407 e. The van der Waals surface area contributed by atoms with E-state index in [9.17, 15) is 4.79 Å². The predicted molar refractivity (Wildman–Crippen MR) is 73.1 cm³/mol. The van der Waals surface area contributed by atoms with Gasteiger partial charge >= 0.3 is 6.09 Å². The lowest BCUT2D eigenvalue weighted by atomic mass is 9.89. The molecule has 1 amide bonds. The summed E-state index contributed by atoms with van der Waals surface area (Å²) in [5.74, 6) is 0. The number of ether oxygens (including phenoxy) is 2.